The molecular formula is C25H27N5OS. The van der Waals surface area contributed by atoms with E-state index in [-0.39, 0.29) is 11.9 Å². The molecule has 1 aliphatic rings. The van der Waals surface area contributed by atoms with Crippen LogP contribution in [-0.4, -0.2) is 26.3 Å². The van der Waals surface area contributed by atoms with Gasteiger partial charge in [0.25, 0.3) is 5.91 Å². The Kier molecular flexibility index (Phi) is 5.90. The van der Waals surface area contributed by atoms with Crippen LogP contribution in [0, 0.1) is 5.92 Å². The van der Waals surface area contributed by atoms with E-state index in [1.807, 2.05) is 53.2 Å². The van der Waals surface area contributed by atoms with E-state index in [9.17, 15) is 4.79 Å². The lowest BCUT2D eigenvalue weighted by Gasteiger charge is -2.29. The fourth-order valence-corrected chi connectivity index (χ4v) is 5.18. The highest BCUT2D eigenvalue weighted by Crippen LogP contribution is 2.31. The molecule has 2 N–H and O–H groups in total. The summed E-state index contributed by atoms with van der Waals surface area (Å²) in [5.41, 5.74) is 2.49. The third kappa shape index (κ3) is 4.25. The van der Waals surface area contributed by atoms with E-state index in [0.717, 1.165) is 27.8 Å². The van der Waals surface area contributed by atoms with Crippen molar-refractivity contribution in [1.29, 1.82) is 0 Å². The summed E-state index contributed by atoms with van der Waals surface area (Å²) in [5, 5.41) is 7.46. The number of thiazole rings is 1. The highest BCUT2D eigenvalue weighted by Gasteiger charge is 2.26. The lowest BCUT2D eigenvalue weighted by molar-refractivity contribution is 0.0907. The number of aromatic nitrogens is 3. The van der Waals surface area contributed by atoms with Crippen LogP contribution >= 0.6 is 11.3 Å². The van der Waals surface area contributed by atoms with Crippen molar-refractivity contribution in [1.82, 2.24) is 19.7 Å². The van der Waals surface area contributed by atoms with Crippen molar-refractivity contribution in [3.05, 3.63) is 72.2 Å². The monoisotopic (exact) mass is 445 g/mol. The standard InChI is InChI=1S/C25H27N5OS/c1-17-9-5-6-12-19(17)28-24(31)22-20-13-7-8-14-30(20)23(29-22)21-16-27-25(32-21)26-15-18-10-3-2-4-11-18/h2-4,7-8,10-11,13-14,16-17,19H,5-6,9,12,15H2,1H3,(H,26,27)(H,28,31)/t17-,19-/m0/s1. The first-order valence-electron chi connectivity index (χ1n) is 11.2. The van der Waals surface area contributed by atoms with Gasteiger partial charge in [0.15, 0.2) is 16.6 Å². The molecule has 5 rings (SSSR count). The number of rotatable bonds is 6. The average molecular weight is 446 g/mol. The van der Waals surface area contributed by atoms with Crippen molar-refractivity contribution in [3.8, 4) is 10.7 Å². The molecular weight excluding hydrogens is 418 g/mol. The zero-order valence-electron chi connectivity index (χ0n) is 18.1. The Balaban J connectivity index is 1.39. The number of imidazole rings is 1. The van der Waals surface area contributed by atoms with Crippen molar-refractivity contribution in [3.63, 3.8) is 0 Å². The Bertz CT molecular complexity index is 1220. The van der Waals surface area contributed by atoms with Gasteiger partial charge in [0.2, 0.25) is 0 Å². The number of anilines is 1. The predicted octanol–water partition coefficient (Wildman–Crippen LogP) is 5.38. The minimum atomic E-state index is -0.0920. The molecule has 0 spiro atoms. The molecule has 0 saturated heterocycles. The Labute approximate surface area is 191 Å². The summed E-state index contributed by atoms with van der Waals surface area (Å²) in [6.45, 7) is 2.94. The number of fused-ring (bicyclic) bond motifs is 1. The first-order chi connectivity index (χ1) is 15.7. The van der Waals surface area contributed by atoms with Crippen LogP contribution in [0.2, 0.25) is 0 Å². The zero-order valence-corrected chi connectivity index (χ0v) is 18.9. The second-order valence-electron chi connectivity index (χ2n) is 8.45. The van der Waals surface area contributed by atoms with Gasteiger partial charge in [-0.05, 0) is 36.5 Å². The van der Waals surface area contributed by atoms with Gasteiger partial charge < -0.3 is 10.6 Å². The topological polar surface area (TPSA) is 71.3 Å². The quantitative estimate of drug-likeness (QED) is 0.418. The number of carbonyl (C=O) groups is 1. The highest BCUT2D eigenvalue weighted by atomic mass is 32.1. The second kappa shape index (κ2) is 9.12. The molecule has 3 aromatic heterocycles. The molecule has 1 saturated carbocycles. The van der Waals surface area contributed by atoms with Crippen LogP contribution < -0.4 is 10.6 Å². The number of amides is 1. The van der Waals surface area contributed by atoms with Gasteiger partial charge in [0.05, 0.1) is 16.6 Å². The second-order valence-corrected chi connectivity index (χ2v) is 9.48. The third-order valence-electron chi connectivity index (χ3n) is 6.20. The maximum atomic E-state index is 13.2. The number of nitrogens with zero attached hydrogens (tertiary/aromatic N) is 3. The molecule has 1 amide bonds. The Morgan fingerprint density at radius 3 is 2.78 bits per heavy atom. The van der Waals surface area contributed by atoms with Crippen LogP contribution in [0.3, 0.4) is 0 Å². The maximum absolute atomic E-state index is 13.2. The van der Waals surface area contributed by atoms with Crippen molar-refractivity contribution in [2.45, 2.75) is 45.2 Å². The van der Waals surface area contributed by atoms with Gasteiger partial charge >= 0.3 is 0 Å². The first kappa shape index (κ1) is 20.7. The number of nitrogens with one attached hydrogen (secondary N) is 2. The summed E-state index contributed by atoms with van der Waals surface area (Å²) in [5.74, 6) is 1.15. The minimum Gasteiger partial charge on any atom is -0.357 e. The van der Waals surface area contributed by atoms with Crippen LogP contribution in [0.1, 0.15) is 48.7 Å². The summed E-state index contributed by atoms with van der Waals surface area (Å²) in [6, 6.07) is 16.3. The van der Waals surface area contributed by atoms with Crippen molar-refractivity contribution >= 4 is 27.9 Å². The summed E-state index contributed by atoms with van der Waals surface area (Å²) in [4.78, 5) is 23.4. The van der Waals surface area contributed by atoms with Gasteiger partial charge in [0, 0.05) is 18.8 Å². The summed E-state index contributed by atoms with van der Waals surface area (Å²) >= 11 is 1.54. The van der Waals surface area contributed by atoms with Gasteiger partial charge in [-0.25, -0.2) is 9.97 Å². The maximum Gasteiger partial charge on any atom is 0.272 e. The Morgan fingerprint density at radius 1 is 1.12 bits per heavy atom. The third-order valence-corrected chi connectivity index (χ3v) is 7.16. The summed E-state index contributed by atoms with van der Waals surface area (Å²) in [6.07, 6.45) is 8.40. The Morgan fingerprint density at radius 2 is 1.94 bits per heavy atom. The van der Waals surface area contributed by atoms with Crippen molar-refractivity contribution in [2.24, 2.45) is 5.92 Å². The van der Waals surface area contributed by atoms with E-state index in [2.05, 4.69) is 34.7 Å². The molecule has 1 aromatic carbocycles. The first-order valence-corrected chi connectivity index (χ1v) is 12.0. The number of hydrogen-bond donors (Lipinski definition) is 2. The molecule has 0 unspecified atom stereocenters. The fraction of sp³-hybridized carbons (Fsp3) is 0.320. The van der Waals surface area contributed by atoms with Crippen molar-refractivity contribution < 1.29 is 4.79 Å². The molecule has 0 aliphatic heterocycles. The predicted molar refractivity (Wildman–Crippen MR) is 129 cm³/mol. The molecule has 32 heavy (non-hydrogen) atoms. The molecule has 1 aliphatic carbocycles. The van der Waals surface area contributed by atoms with Crippen LogP contribution in [0.25, 0.3) is 16.2 Å². The summed E-state index contributed by atoms with van der Waals surface area (Å²) < 4.78 is 1.98. The van der Waals surface area contributed by atoms with E-state index in [1.54, 1.807) is 11.3 Å². The number of hydrogen-bond acceptors (Lipinski definition) is 5. The van der Waals surface area contributed by atoms with Gasteiger partial charge in [-0.1, -0.05) is 67.5 Å². The lowest BCUT2D eigenvalue weighted by atomic mass is 9.86. The van der Waals surface area contributed by atoms with Gasteiger partial charge in [0.1, 0.15) is 0 Å². The zero-order chi connectivity index (χ0) is 21.9. The normalized spacial score (nSPS) is 18.5. The van der Waals surface area contributed by atoms with E-state index < -0.39 is 0 Å². The molecule has 6 nitrogen and oxygen atoms in total. The van der Waals surface area contributed by atoms with E-state index in [0.29, 0.717) is 18.2 Å². The smallest absolute Gasteiger partial charge is 0.272 e. The fourth-order valence-electron chi connectivity index (χ4n) is 4.38. The lowest BCUT2D eigenvalue weighted by Crippen LogP contribution is -2.41. The summed E-state index contributed by atoms with van der Waals surface area (Å²) in [7, 11) is 0. The van der Waals surface area contributed by atoms with E-state index in [1.165, 1.54) is 24.8 Å². The molecule has 164 valence electrons. The SMILES string of the molecule is C[C@H]1CCCC[C@@H]1NC(=O)c1nc(-c2cnc(NCc3ccccc3)s2)n2ccccc12. The van der Waals surface area contributed by atoms with Crippen LogP contribution in [0.5, 0.6) is 0 Å². The molecule has 7 heteroatoms. The van der Waals surface area contributed by atoms with Crippen LogP contribution in [0.4, 0.5) is 5.13 Å². The molecule has 4 aromatic rings. The number of benzene rings is 1. The minimum absolute atomic E-state index is 0.0920. The van der Waals surface area contributed by atoms with Crippen LogP contribution in [0.15, 0.2) is 60.9 Å². The van der Waals surface area contributed by atoms with Gasteiger partial charge in [-0.2, -0.15) is 0 Å². The number of carbonyl (C=O) groups excluding carboxylic acids is 1. The molecule has 0 radical (unpaired) electrons. The van der Waals surface area contributed by atoms with Crippen LogP contribution in [-0.2, 0) is 6.54 Å². The molecule has 2 atom stereocenters. The van der Waals surface area contributed by atoms with E-state index in [4.69, 9.17) is 4.98 Å². The van der Waals surface area contributed by atoms with Crippen molar-refractivity contribution in [2.75, 3.05) is 5.32 Å². The number of pyridine rings is 1. The van der Waals surface area contributed by atoms with Gasteiger partial charge in [-0.15, -0.1) is 0 Å². The van der Waals surface area contributed by atoms with E-state index >= 15 is 0 Å². The molecule has 3 heterocycles. The molecule has 1 fully saturated rings. The molecule has 0 bridgehead atoms. The highest BCUT2D eigenvalue weighted by molar-refractivity contribution is 7.18. The Hall–Kier alpha value is -3.19. The average Bonchev–Trinajstić information content (AvgIpc) is 3.45. The largest absolute Gasteiger partial charge is 0.357 e. The van der Waals surface area contributed by atoms with Gasteiger partial charge in [-0.3, -0.25) is 9.20 Å².